The van der Waals surface area contributed by atoms with Gasteiger partial charge in [-0.3, -0.25) is 0 Å². The number of carbonyl (C=O) groups is 2. The standard InChI is InChI=1S/C20H30O4/c1-5-6-20(24-17(21)12-23-18(22)13(2)3)15-7-14-8-16(20)11-19(4,9-14)10-15/h14-16H,2,5-12H2,1,3-4H3. The zero-order valence-corrected chi connectivity index (χ0v) is 15.2. The van der Waals surface area contributed by atoms with Crippen molar-refractivity contribution in [2.24, 2.45) is 23.2 Å². The topological polar surface area (TPSA) is 52.6 Å². The first-order valence-electron chi connectivity index (χ1n) is 9.32. The van der Waals surface area contributed by atoms with Gasteiger partial charge in [-0.25, -0.2) is 9.59 Å². The fourth-order valence-electron chi connectivity index (χ4n) is 5.95. The lowest BCUT2D eigenvalue weighted by Gasteiger charge is -2.64. The van der Waals surface area contributed by atoms with Crippen LogP contribution in [0.4, 0.5) is 0 Å². The highest BCUT2D eigenvalue weighted by molar-refractivity contribution is 5.88. The summed E-state index contributed by atoms with van der Waals surface area (Å²) >= 11 is 0. The zero-order valence-electron chi connectivity index (χ0n) is 15.2. The minimum Gasteiger partial charge on any atom is -0.456 e. The third-order valence-corrected chi connectivity index (χ3v) is 6.49. The highest BCUT2D eigenvalue weighted by Crippen LogP contribution is 2.65. The highest BCUT2D eigenvalue weighted by atomic mass is 16.6. The van der Waals surface area contributed by atoms with E-state index in [1.807, 2.05) is 0 Å². The average Bonchev–Trinajstić information content (AvgIpc) is 2.48. The maximum atomic E-state index is 12.4. The Labute approximate surface area is 145 Å². The van der Waals surface area contributed by atoms with Gasteiger partial charge in [0.05, 0.1) is 0 Å². The summed E-state index contributed by atoms with van der Waals surface area (Å²) in [4.78, 5) is 23.9. The molecule has 4 rings (SSSR count). The van der Waals surface area contributed by atoms with Crippen molar-refractivity contribution in [1.82, 2.24) is 0 Å². The van der Waals surface area contributed by atoms with Gasteiger partial charge in [0, 0.05) is 5.57 Å². The summed E-state index contributed by atoms with van der Waals surface area (Å²) in [5.41, 5.74) is 0.401. The van der Waals surface area contributed by atoms with E-state index < -0.39 is 11.9 Å². The van der Waals surface area contributed by atoms with Crippen molar-refractivity contribution in [2.75, 3.05) is 6.61 Å². The van der Waals surface area contributed by atoms with Crippen LogP contribution >= 0.6 is 0 Å². The van der Waals surface area contributed by atoms with Crippen LogP contribution in [0.2, 0.25) is 0 Å². The minimum atomic E-state index is -0.533. The SMILES string of the molecule is C=C(C)C(=O)OCC(=O)OC1(CCC)C2CC3CC1CC(C)(C3)C2. The van der Waals surface area contributed by atoms with Crippen LogP contribution in [0.15, 0.2) is 12.2 Å². The summed E-state index contributed by atoms with van der Waals surface area (Å²) in [6, 6.07) is 0. The number of ether oxygens (including phenoxy) is 2. The molecule has 134 valence electrons. The number of hydrogen-bond acceptors (Lipinski definition) is 4. The van der Waals surface area contributed by atoms with Gasteiger partial charge in [-0.2, -0.15) is 0 Å². The second-order valence-electron chi connectivity index (χ2n) is 8.69. The maximum absolute atomic E-state index is 12.4. The Morgan fingerprint density at radius 2 is 1.79 bits per heavy atom. The molecular weight excluding hydrogens is 304 g/mol. The molecule has 0 amide bonds. The van der Waals surface area contributed by atoms with Crippen molar-refractivity contribution in [3.05, 3.63) is 12.2 Å². The van der Waals surface area contributed by atoms with Gasteiger partial charge in [0.25, 0.3) is 0 Å². The molecule has 0 saturated heterocycles. The van der Waals surface area contributed by atoms with Gasteiger partial charge in [-0.1, -0.05) is 26.8 Å². The normalized spacial score (nSPS) is 39.5. The molecule has 4 heteroatoms. The molecule has 0 aromatic rings. The maximum Gasteiger partial charge on any atom is 0.344 e. The van der Waals surface area contributed by atoms with Crippen LogP contribution in [0.5, 0.6) is 0 Å². The van der Waals surface area contributed by atoms with E-state index in [1.54, 1.807) is 6.92 Å². The Hall–Kier alpha value is -1.32. The Morgan fingerprint density at radius 1 is 1.17 bits per heavy atom. The third-order valence-electron chi connectivity index (χ3n) is 6.49. The first-order valence-corrected chi connectivity index (χ1v) is 9.32. The molecule has 24 heavy (non-hydrogen) atoms. The quantitative estimate of drug-likeness (QED) is 0.543. The Balaban J connectivity index is 1.72. The van der Waals surface area contributed by atoms with Crippen molar-refractivity contribution in [3.8, 4) is 0 Å². The van der Waals surface area contributed by atoms with Gasteiger partial charge < -0.3 is 9.47 Å². The molecule has 4 bridgehead atoms. The van der Waals surface area contributed by atoms with E-state index in [4.69, 9.17) is 9.47 Å². The van der Waals surface area contributed by atoms with Crippen LogP contribution in [-0.4, -0.2) is 24.1 Å². The lowest BCUT2D eigenvalue weighted by Crippen LogP contribution is -2.62. The molecular formula is C20H30O4. The molecule has 4 nitrogen and oxygen atoms in total. The van der Waals surface area contributed by atoms with Gasteiger partial charge in [0.2, 0.25) is 0 Å². The lowest BCUT2D eigenvalue weighted by atomic mass is 9.44. The number of esters is 2. The molecule has 0 heterocycles. The van der Waals surface area contributed by atoms with Gasteiger partial charge in [-0.15, -0.1) is 0 Å². The van der Waals surface area contributed by atoms with E-state index in [0.717, 1.165) is 18.8 Å². The first-order chi connectivity index (χ1) is 11.3. The van der Waals surface area contributed by atoms with Crippen LogP contribution in [0, 0.1) is 23.2 Å². The molecule has 4 aliphatic carbocycles. The van der Waals surface area contributed by atoms with E-state index >= 15 is 0 Å². The third kappa shape index (κ3) is 3.00. The molecule has 2 unspecified atom stereocenters. The number of hydrogen-bond donors (Lipinski definition) is 0. The first kappa shape index (κ1) is 17.5. The van der Waals surface area contributed by atoms with E-state index in [1.165, 1.54) is 32.1 Å². The predicted octanol–water partition coefficient (Wildman–Crippen LogP) is 4.03. The van der Waals surface area contributed by atoms with Crippen LogP contribution < -0.4 is 0 Å². The van der Waals surface area contributed by atoms with Gasteiger partial charge in [0.1, 0.15) is 5.60 Å². The molecule has 0 radical (unpaired) electrons. The summed E-state index contributed by atoms with van der Waals surface area (Å²) < 4.78 is 11.1. The summed E-state index contributed by atoms with van der Waals surface area (Å²) in [5.74, 6) is 0.797. The molecule has 0 spiro atoms. The molecule has 0 aromatic carbocycles. The van der Waals surface area contributed by atoms with Gasteiger partial charge in [-0.05, 0) is 68.6 Å². The van der Waals surface area contributed by atoms with Crippen molar-refractivity contribution in [3.63, 3.8) is 0 Å². The van der Waals surface area contributed by atoms with Crippen LogP contribution in [0.3, 0.4) is 0 Å². The molecule has 4 fully saturated rings. The predicted molar refractivity (Wildman–Crippen MR) is 91.2 cm³/mol. The lowest BCUT2D eigenvalue weighted by molar-refractivity contribution is -0.228. The van der Waals surface area contributed by atoms with Crippen molar-refractivity contribution >= 4 is 11.9 Å². The molecule has 0 aliphatic heterocycles. The summed E-state index contributed by atoms with van der Waals surface area (Å²) in [5, 5.41) is 0. The van der Waals surface area contributed by atoms with Crippen LogP contribution in [0.25, 0.3) is 0 Å². The van der Waals surface area contributed by atoms with Gasteiger partial charge in [0.15, 0.2) is 6.61 Å². The molecule has 4 aliphatic rings. The van der Waals surface area contributed by atoms with E-state index in [9.17, 15) is 9.59 Å². The van der Waals surface area contributed by atoms with Gasteiger partial charge >= 0.3 is 11.9 Å². The summed E-state index contributed by atoms with van der Waals surface area (Å²) in [7, 11) is 0. The fraction of sp³-hybridized carbons (Fsp3) is 0.800. The summed E-state index contributed by atoms with van der Waals surface area (Å²) in [6.45, 7) is 9.36. The van der Waals surface area contributed by atoms with Crippen molar-refractivity contribution in [2.45, 2.75) is 71.3 Å². The summed E-state index contributed by atoms with van der Waals surface area (Å²) in [6.07, 6.45) is 7.97. The van der Waals surface area contributed by atoms with E-state index in [-0.39, 0.29) is 12.2 Å². The Bertz CT molecular complexity index is 534. The highest BCUT2D eigenvalue weighted by Gasteiger charge is 2.62. The molecule has 4 saturated carbocycles. The van der Waals surface area contributed by atoms with E-state index in [2.05, 4.69) is 20.4 Å². The smallest absolute Gasteiger partial charge is 0.344 e. The van der Waals surface area contributed by atoms with Crippen molar-refractivity contribution < 1.29 is 19.1 Å². The number of rotatable bonds is 6. The number of carbonyl (C=O) groups excluding carboxylic acids is 2. The second-order valence-corrected chi connectivity index (χ2v) is 8.69. The van der Waals surface area contributed by atoms with Crippen LogP contribution in [0.1, 0.15) is 65.7 Å². The monoisotopic (exact) mass is 334 g/mol. The average molecular weight is 334 g/mol. The minimum absolute atomic E-state index is 0.300. The molecule has 0 N–H and O–H groups in total. The molecule has 0 aromatic heterocycles. The second kappa shape index (κ2) is 6.20. The Morgan fingerprint density at radius 3 is 2.29 bits per heavy atom. The van der Waals surface area contributed by atoms with E-state index in [0.29, 0.717) is 22.8 Å². The molecule has 2 atom stereocenters. The Kier molecular flexibility index (Phi) is 4.52. The largest absolute Gasteiger partial charge is 0.456 e. The zero-order chi connectivity index (χ0) is 17.5. The van der Waals surface area contributed by atoms with Crippen molar-refractivity contribution in [1.29, 1.82) is 0 Å². The fourth-order valence-corrected chi connectivity index (χ4v) is 5.95. The van der Waals surface area contributed by atoms with Crippen LogP contribution in [-0.2, 0) is 19.1 Å².